The van der Waals surface area contributed by atoms with E-state index in [1.807, 2.05) is 13.8 Å². The molecular weight excluding hydrogens is 174 g/mol. The van der Waals surface area contributed by atoms with Crippen LogP contribution in [-0.4, -0.2) is 23.0 Å². The van der Waals surface area contributed by atoms with E-state index < -0.39 is 0 Å². The van der Waals surface area contributed by atoms with E-state index in [1.54, 1.807) is 0 Å². The summed E-state index contributed by atoms with van der Waals surface area (Å²) >= 11 is 4.61. The van der Waals surface area contributed by atoms with E-state index in [1.165, 1.54) is 0 Å². The third kappa shape index (κ3) is 2.75. The fourth-order valence-corrected chi connectivity index (χ4v) is 1.12. The molecule has 1 fully saturated rings. The summed E-state index contributed by atoms with van der Waals surface area (Å²) < 4.78 is 5.43. The minimum absolute atomic E-state index is 0.100. The Balaban J connectivity index is 2.46. The Bertz CT molecular complexity index is 225. The molecule has 0 aromatic carbocycles. The third-order valence-electron chi connectivity index (χ3n) is 1.58. The SMILES string of the molecule is CC1(C)C/C(=N\NC(N)=S)CO1. The highest BCUT2D eigenvalue weighted by Gasteiger charge is 2.28. The highest BCUT2D eigenvalue weighted by molar-refractivity contribution is 7.80. The lowest BCUT2D eigenvalue weighted by Gasteiger charge is -2.13. The minimum atomic E-state index is -0.100. The van der Waals surface area contributed by atoms with Crippen LogP contribution in [0.3, 0.4) is 0 Å². The average molecular weight is 187 g/mol. The van der Waals surface area contributed by atoms with E-state index in [0.29, 0.717) is 6.61 Å². The van der Waals surface area contributed by atoms with Gasteiger partial charge >= 0.3 is 0 Å². The zero-order chi connectivity index (χ0) is 9.19. The number of hydrogen-bond acceptors (Lipinski definition) is 3. The van der Waals surface area contributed by atoms with Crippen molar-refractivity contribution in [1.29, 1.82) is 0 Å². The van der Waals surface area contributed by atoms with Crippen LogP contribution < -0.4 is 11.2 Å². The lowest BCUT2D eigenvalue weighted by molar-refractivity contribution is 0.0385. The van der Waals surface area contributed by atoms with Crippen molar-refractivity contribution < 1.29 is 4.74 Å². The summed E-state index contributed by atoms with van der Waals surface area (Å²) in [6.07, 6.45) is 0.822. The highest BCUT2D eigenvalue weighted by atomic mass is 32.1. The first-order valence-electron chi connectivity index (χ1n) is 3.74. The molecule has 1 aliphatic rings. The molecule has 0 amide bonds. The molecule has 1 saturated heterocycles. The average Bonchev–Trinajstić information content (AvgIpc) is 2.26. The van der Waals surface area contributed by atoms with Gasteiger partial charge in [0.15, 0.2) is 5.11 Å². The van der Waals surface area contributed by atoms with Gasteiger partial charge in [0, 0.05) is 6.42 Å². The molecule has 3 N–H and O–H groups in total. The molecule has 0 aliphatic carbocycles. The number of rotatable bonds is 1. The van der Waals surface area contributed by atoms with Gasteiger partial charge in [-0.15, -0.1) is 0 Å². The van der Waals surface area contributed by atoms with E-state index in [2.05, 4.69) is 22.7 Å². The predicted molar refractivity (Wildman–Crippen MR) is 52.0 cm³/mol. The summed E-state index contributed by atoms with van der Waals surface area (Å²) in [5.41, 5.74) is 8.60. The van der Waals surface area contributed by atoms with Crippen LogP contribution in [0.5, 0.6) is 0 Å². The Labute approximate surface area is 77.2 Å². The minimum Gasteiger partial charge on any atom is -0.375 e. The first-order chi connectivity index (χ1) is 5.49. The Kier molecular flexibility index (Phi) is 2.64. The van der Waals surface area contributed by atoms with Gasteiger partial charge in [0.1, 0.15) is 0 Å². The molecule has 12 heavy (non-hydrogen) atoms. The van der Waals surface area contributed by atoms with Crippen molar-refractivity contribution >= 4 is 23.0 Å². The van der Waals surface area contributed by atoms with Gasteiger partial charge in [-0.25, -0.2) is 0 Å². The van der Waals surface area contributed by atoms with Crippen LogP contribution in [0.15, 0.2) is 5.10 Å². The van der Waals surface area contributed by atoms with Gasteiger partial charge in [-0.05, 0) is 26.1 Å². The Hall–Kier alpha value is -0.680. The Morgan fingerprint density at radius 1 is 1.75 bits per heavy atom. The van der Waals surface area contributed by atoms with E-state index in [4.69, 9.17) is 10.5 Å². The van der Waals surface area contributed by atoms with Crippen LogP contribution in [0, 0.1) is 0 Å². The van der Waals surface area contributed by atoms with E-state index in [-0.39, 0.29) is 10.7 Å². The van der Waals surface area contributed by atoms with E-state index in [9.17, 15) is 0 Å². The van der Waals surface area contributed by atoms with Gasteiger partial charge in [0.2, 0.25) is 0 Å². The number of hydrogen-bond donors (Lipinski definition) is 2. The Morgan fingerprint density at radius 3 is 2.83 bits per heavy atom. The van der Waals surface area contributed by atoms with Crippen LogP contribution in [-0.2, 0) is 4.74 Å². The molecule has 0 aromatic rings. The van der Waals surface area contributed by atoms with Gasteiger partial charge in [-0.3, -0.25) is 5.43 Å². The normalized spacial score (nSPS) is 24.3. The highest BCUT2D eigenvalue weighted by Crippen LogP contribution is 2.21. The number of ether oxygens (including phenoxy) is 1. The molecule has 0 spiro atoms. The van der Waals surface area contributed by atoms with Crippen molar-refractivity contribution in [2.24, 2.45) is 10.8 Å². The van der Waals surface area contributed by atoms with Crippen molar-refractivity contribution in [2.45, 2.75) is 25.9 Å². The van der Waals surface area contributed by atoms with E-state index >= 15 is 0 Å². The summed E-state index contributed by atoms with van der Waals surface area (Å²) in [4.78, 5) is 0. The molecule has 0 radical (unpaired) electrons. The molecule has 0 unspecified atom stereocenters. The van der Waals surface area contributed by atoms with Crippen LogP contribution in [0.2, 0.25) is 0 Å². The quantitative estimate of drug-likeness (QED) is 0.460. The standard InChI is InChI=1S/C7H13N3OS/c1-7(2)3-5(4-11-7)9-10-6(8)12/h3-4H2,1-2H3,(H3,8,10,12)/b9-5+. The summed E-state index contributed by atoms with van der Waals surface area (Å²) in [6.45, 7) is 4.61. The second-order valence-corrected chi connectivity index (χ2v) is 3.82. The largest absolute Gasteiger partial charge is 0.375 e. The van der Waals surface area contributed by atoms with Crippen LogP contribution in [0.1, 0.15) is 20.3 Å². The smallest absolute Gasteiger partial charge is 0.184 e. The zero-order valence-electron chi connectivity index (χ0n) is 7.26. The third-order valence-corrected chi connectivity index (χ3v) is 1.67. The fraction of sp³-hybridized carbons (Fsp3) is 0.714. The maximum Gasteiger partial charge on any atom is 0.184 e. The lowest BCUT2D eigenvalue weighted by atomic mass is 10.1. The maximum absolute atomic E-state index is 5.43. The van der Waals surface area contributed by atoms with Crippen molar-refractivity contribution in [3.63, 3.8) is 0 Å². The molecule has 0 bridgehead atoms. The molecule has 4 nitrogen and oxygen atoms in total. The lowest BCUT2D eigenvalue weighted by Crippen LogP contribution is -2.25. The number of nitrogens with zero attached hydrogens (tertiary/aromatic N) is 1. The Morgan fingerprint density at radius 2 is 2.42 bits per heavy atom. The molecule has 5 heteroatoms. The molecule has 1 rings (SSSR count). The zero-order valence-corrected chi connectivity index (χ0v) is 8.07. The van der Waals surface area contributed by atoms with Gasteiger partial charge in [-0.1, -0.05) is 0 Å². The molecule has 1 heterocycles. The van der Waals surface area contributed by atoms with Gasteiger partial charge in [-0.2, -0.15) is 5.10 Å². The topological polar surface area (TPSA) is 59.6 Å². The monoisotopic (exact) mass is 187 g/mol. The number of hydrazone groups is 1. The van der Waals surface area contributed by atoms with Crippen LogP contribution in [0.4, 0.5) is 0 Å². The summed E-state index contributed by atoms with van der Waals surface area (Å²) in [7, 11) is 0. The van der Waals surface area contributed by atoms with E-state index in [0.717, 1.165) is 12.1 Å². The molecular formula is C7H13N3OS. The van der Waals surface area contributed by atoms with Gasteiger partial charge in [0.05, 0.1) is 17.9 Å². The summed E-state index contributed by atoms with van der Waals surface area (Å²) in [6, 6.07) is 0. The molecule has 0 saturated carbocycles. The van der Waals surface area contributed by atoms with Crippen LogP contribution >= 0.6 is 12.2 Å². The van der Waals surface area contributed by atoms with Gasteiger partial charge in [0.25, 0.3) is 0 Å². The maximum atomic E-state index is 5.43. The molecule has 0 aromatic heterocycles. The second-order valence-electron chi connectivity index (χ2n) is 3.38. The molecule has 68 valence electrons. The van der Waals surface area contributed by atoms with Crippen LogP contribution in [0.25, 0.3) is 0 Å². The predicted octanol–water partition coefficient (Wildman–Crippen LogP) is 0.374. The van der Waals surface area contributed by atoms with Crippen molar-refractivity contribution in [3.05, 3.63) is 0 Å². The van der Waals surface area contributed by atoms with Crippen molar-refractivity contribution in [1.82, 2.24) is 5.43 Å². The first kappa shape index (κ1) is 9.41. The molecule has 1 aliphatic heterocycles. The molecule has 0 atom stereocenters. The second kappa shape index (κ2) is 3.37. The van der Waals surface area contributed by atoms with Gasteiger partial charge < -0.3 is 10.5 Å². The summed E-state index contributed by atoms with van der Waals surface area (Å²) in [5, 5.41) is 4.18. The first-order valence-corrected chi connectivity index (χ1v) is 4.15. The number of nitrogens with one attached hydrogen (secondary N) is 1. The van der Waals surface area contributed by atoms with Crippen molar-refractivity contribution in [2.75, 3.05) is 6.61 Å². The summed E-state index contributed by atoms with van der Waals surface area (Å²) in [5.74, 6) is 0. The van der Waals surface area contributed by atoms with Crippen molar-refractivity contribution in [3.8, 4) is 0 Å². The fourth-order valence-electron chi connectivity index (χ4n) is 1.08. The number of thiocarbonyl (C=S) groups is 1. The number of nitrogens with two attached hydrogens (primary N) is 1.